The van der Waals surface area contributed by atoms with Gasteiger partial charge in [0.1, 0.15) is 5.75 Å². The fraction of sp³-hybridized carbons (Fsp3) is 0.207. The van der Waals surface area contributed by atoms with Crippen LogP contribution in [0.3, 0.4) is 0 Å². The van der Waals surface area contributed by atoms with Crippen LogP contribution in [0.2, 0.25) is 0 Å². The highest BCUT2D eigenvalue weighted by molar-refractivity contribution is 6.22. The SMILES string of the molecule is COC(=O)c1ccc2c(C(=Nc3ccc(N(C)C(=O)CN(C)C)c(OC)c3)c3ccccc3)c(O)[nH]c2c1. The van der Waals surface area contributed by atoms with Crippen molar-refractivity contribution in [1.29, 1.82) is 0 Å². The maximum atomic E-state index is 12.6. The van der Waals surface area contributed by atoms with Crippen LogP contribution in [0.5, 0.6) is 11.6 Å². The van der Waals surface area contributed by atoms with E-state index in [1.165, 1.54) is 7.11 Å². The molecule has 9 heteroatoms. The molecule has 0 saturated heterocycles. The number of anilines is 1. The second-order valence-corrected chi connectivity index (χ2v) is 8.97. The van der Waals surface area contributed by atoms with E-state index < -0.39 is 5.97 Å². The van der Waals surface area contributed by atoms with Crippen molar-refractivity contribution in [3.05, 3.63) is 83.4 Å². The number of nitrogens with one attached hydrogen (secondary N) is 1. The molecule has 0 unspecified atom stereocenters. The lowest BCUT2D eigenvalue weighted by molar-refractivity contribution is -0.118. The molecule has 0 atom stereocenters. The van der Waals surface area contributed by atoms with Crippen molar-refractivity contribution in [3.8, 4) is 11.6 Å². The molecule has 0 spiro atoms. The zero-order valence-corrected chi connectivity index (χ0v) is 22.0. The fourth-order valence-corrected chi connectivity index (χ4v) is 4.18. The predicted molar refractivity (Wildman–Crippen MR) is 148 cm³/mol. The zero-order valence-electron chi connectivity index (χ0n) is 22.0. The maximum absolute atomic E-state index is 12.6. The number of aliphatic imine (C=N–C) groups is 1. The number of esters is 1. The summed E-state index contributed by atoms with van der Waals surface area (Å²) in [7, 11) is 8.23. The maximum Gasteiger partial charge on any atom is 0.337 e. The predicted octanol–water partition coefficient (Wildman–Crippen LogP) is 4.36. The Bertz CT molecular complexity index is 1510. The second kappa shape index (κ2) is 11.2. The summed E-state index contributed by atoms with van der Waals surface area (Å²) in [6, 6.07) is 19.8. The minimum absolute atomic E-state index is 0.0791. The van der Waals surface area contributed by atoms with Crippen LogP contribution in [-0.4, -0.2) is 74.5 Å². The number of amides is 1. The normalized spacial score (nSPS) is 11.6. The largest absolute Gasteiger partial charge is 0.494 e. The number of nitrogens with zero attached hydrogens (tertiary/aromatic N) is 3. The number of carbonyl (C=O) groups excluding carboxylic acids is 2. The van der Waals surface area contributed by atoms with E-state index in [1.807, 2.05) is 44.4 Å². The van der Waals surface area contributed by atoms with Crippen molar-refractivity contribution in [3.63, 3.8) is 0 Å². The number of ether oxygens (including phenoxy) is 2. The molecule has 0 radical (unpaired) electrons. The summed E-state index contributed by atoms with van der Waals surface area (Å²) in [5.74, 6) is -0.147. The number of likely N-dealkylation sites (N-methyl/N-ethyl adjacent to an activating group) is 2. The molecular weight excluding hydrogens is 484 g/mol. The first-order valence-electron chi connectivity index (χ1n) is 11.9. The average Bonchev–Trinajstić information content (AvgIpc) is 3.25. The molecule has 9 nitrogen and oxygen atoms in total. The topological polar surface area (TPSA) is 107 Å². The first-order valence-corrected chi connectivity index (χ1v) is 11.9. The smallest absolute Gasteiger partial charge is 0.337 e. The summed E-state index contributed by atoms with van der Waals surface area (Å²) in [6.45, 7) is 0.259. The number of rotatable bonds is 8. The van der Waals surface area contributed by atoms with Crippen molar-refractivity contribution >= 4 is 39.9 Å². The molecule has 4 aromatic rings. The van der Waals surface area contributed by atoms with Crippen LogP contribution in [-0.2, 0) is 9.53 Å². The van der Waals surface area contributed by atoms with Crippen LogP contribution in [0.15, 0.2) is 71.7 Å². The van der Waals surface area contributed by atoms with Gasteiger partial charge in [-0.1, -0.05) is 36.4 Å². The molecule has 0 bridgehead atoms. The third-order valence-electron chi connectivity index (χ3n) is 6.08. The minimum Gasteiger partial charge on any atom is -0.494 e. The van der Waals surface area contributed by atoms with E-state index >= 15 is 0 Å². The molecule has 196 valence electrons. The van der Waals surface area contributed by atoms with Crippen molar-refractivity contribution in [2.45, 2.75) is 0 Å². The fourth-order valence-electron chi connectivity index (χ4n) is 4.18. The molecule has 2 N–H and O–H groups in total. The third kappa shape index (κ3) is 5.37. The molecule has 38 heavy (non-hydrogen) atoms. The van der Waals surface area contributed by atoms with Gasteiger partial charge in [0.15, 0.2) is 5.88 Å². The Balaban J connectivity index is 1.84. The molecular formula is C29H30N4O5. The highest BCUT2D eigenvalue weighted by Gasteiger charge is 2.21. The Labute approximate surface area is 220 Å². The van der Waals surface area contributed by atoms with E-state index in [4.69, 9.17) is 14.5 Å². The van der Waals surface area contributed by atoms with E-state index in [0.717, 1.165) is 5.56 Å². The van der Waals surface area contributed by atoms with E-state index in [1.54, 1.807) is 60.4 Å². The molecule has 0 saturated carbocycles. The summed E-state index contributed by atoms with van der Waals surface area (Å²) in [5.41, 5.74) is 3.90. The van der Waals surface area contributed by atoms with Gasteiger partial charge in [-0.05, 0) is 38.4 Å². The van der Waals surface area contributed by atoms with Crippen LogP contribution in [0.1, 0.15) is 21.5 Å². The molecule has 0 aliphatic carbocycles. The first kappa shape index (κ1) is 26.4. The van der Waals surface area contributed by atoms with Crippen LogP contribution < -0.4 is 9.64 Å². The molecule has 0 aliphatic heterocycles. The lowest BCUT2D eigenvalue weighted by Gasteiger charge is -2.22. The summed E-state index contributed by atoms with van der Waals surface area (Å²) < 4.78 is 10.4. The number of fused-ring (bicyclic) bond motifs is 1. The highest BCUT2D eigenvalue weighted by atomic mass is 16.5. The van der Waals surface area contributed by atoms with Gasteiger partial charge in [0.2, 0.25) is 5.91 Å². The number of carbonyl (C=O) groups is 2. The monoisotopic (exact) mass is 514 g/mol. The molecule has 1 heterocycles. The third-order valence-corrected chi connectivity index (χ3v) is 6.08. The highest BCUT2D eigenvalue weighted by Crippen LogP contribution is 2.35. The van der Waals surface area contributed by atoms with Crippen molar-refractivity contribution in [2.24, 2.45) is 4.99 Å². The van der Waals surface area contributed by atoms with Crippen LogP contribution in [0, 0.1) is 0 Å². The standard InChI is InChI=1S/C29H30N4O5/c1-32(2)17-25(34)33(3)23-14-12-20(16-24(23)37-4)30-27(18-9-7-6-8-10-18)26-21-13-11-19(29(36)38-5)15-22(21)31-28(26)35/h6-16,31,35H,17H2,1-5H3. The second-order valence-electron chi connectivity index (χ2n) is 8.97. The summed E-state index contributed by atoms with van der Waals surface area (Å²) in [6.07, 6.45) is 0. The number of aromatic amines is 1. The van der Waals surface area contributed by atoms with E-state index in [0.29, 0.717) is 44.9 Å². The number of hydrogen-bond donors (Lipinski definition) is 2. The Morgan fingerprint density at radius 2 is 1.68 bits per heavy atom. The zero-order chi connectivity index (χ0) is 27.4. The number of hydrogen-bond acceptors (Lipinski definition) is 7. The molecule has 1 amide bonds. The van der Waals surface area contributed by atoms with E-state index in [9.17, 15) is 14.7 Å². The van der Waals surface area contributed by atoms with Gasteiger partial charge in [-0.15, -0.1) is 0 Å². The lowest BCUT2D eigenvalue weighted by Crippen LogP contribution is -2.35. The molecule has 1 aromatic heterocycles. The first-order chi connectivity index (χ1) is 18.2. The minimum atomic E-state index is -0.472. The molecule has 0 fully saturated rings. The van der Waals surface area contributed by atoms with Crippen molar-refractivity contribution < 1.29 is 24.2 Å². The van der Waals surface area contributed by atoms with E-state index in [2.05, 4.69) is 4.98 Å². The summed E-state index contributed by atoms with van der Waals surface area (Å²) in [5, 5.41) is 11.6. The van der Waals surface area contributed by atoms with Gasteiger partial charge < -0.3 is 29.4 Å². The van der Waals surface area contributed by atoms with Gasteiger partial charge in [0.25, 0.3) is 0 Å². The molecule has 3 aromatic carbocycles. The van der Waals surface area contributed by atoms with Crippen molar-refractivity contribution in [1.82, 2.24) is 9.88 Å². The Kier molecular flexibility index (Phi) is 7.78. The van der Waals surface area contributed by atoms with Crippen LogP contribution in [0.25, 0.3) is 10.9 Å². The number of benzene rings is 3. The van der Waals surface area contributed by atoms with Gasteiger partial charge >= 0.3 is 5.97 Å². The van der Waals surface area contributed by atoms with Gasteiger partial charge in [-0.2, -0.15) is 0 Å². The van der Waals surface area contributed by atoms with Crippen molar-refractivity contribution in [2.75, 3.05) is 46.8 Å². The lowest BCUT2D eigenvalue weighted by atomic mass is 10.00. The average molecular weight is 515 g/mol. The Hall–Kier alpha value is -4.63. The summed E-state index contributed by atoms with van der Waals surface area (Å²) in [4.78, 5) is 35.8. The molecule has 4 rings (SSSR count). The van der Waals surface area contributed by atoms with Crippen LogP contribution >= 0.6 is 0 Å². The van der Waals surface area contributed by atoms with E-state index in [-0.39, 0.29) is 18.3 Å². The number of H-pyrrole nitrogens is 1. The van der Waals surface area contributed by atoms with Gasteiger partial charge in [-0.25, -0.2) is 9.79 Å². The van der Waals surface area contributed by atoms with Gasteiger partial charge in [0.05, 0.1) is 49.0 Å². The molecule has 0 aliphatic rings. The quantitative estimate of drug-likeness (QED) is 0.267. The summed E-state index contributed by atoms with van der Waals surface area (Å²) >= 11 is 0. The number of aromatic nitrogens is 1. The number of aromatic hydroxyl groups is 1. The van der Waals surface area contributed by atoms with Crippen LogP contribution in [0.4, 0.5) is 11.4 Å². The Morgan fingerprint density at radius 3 is 2.34 bits per heavy atom. The Morgan fingerprint density at radius 1 is 0.947 bits per heavy atom. The van der Waals surface area contributed by atoms with Gasteiger partial charge in [0, 0.05) is 29.6 Å². The number of methoxy groups -OCH3 is 2. The van der Waals surface area contributed by atoms with Gasteiger partial charge in [-0.3, -0.25) is 4.79 Å².